The highest BCUT2D eigenvalue weighted by molar-refractivity contribution is 5.93. The van der Waals surface area contributed by atoms with E-state index in [1.165, 1.54) is 0 Å². The SMILES string of the molecule is O=C(NC1CC1)[C@@H](NCc1ccc(N2CCCCC2=O)cc1)c1ccccc1. The van der Waals surface area contributed by atoms with E-state index in [-0.39, 0.29) is 17.9 Å². The molecule has 1 atom stereocenters. The molecule has 2 aliphatic rings. The van der Waals surface area contributed by atoms with Crippen LogP contribution < -0.4 is 15.5 Å². The van der Waals surface area contributed by atoms with Crippen molar-refractivity contribution in [2.75, 3.05) is 11.4 Å². The number of carbonyl (C=O) groups is 2. The first-order chi connectivity index (χ1) is 13.7. The standard InChI is InChI=1S/C23H27N3O2/c27-21-8-4-5-15-26(21)20-13-9-17(10-14-20)16-24-22(18-6-2-1-3-7-18)23(28)25-19-11-12-19/h1-3,6-7,9-10,13-14,19,22,24H,4-5,8,11-12,15-16H2,(H,25,28)/t22-/m0/s1. The van der Waals surface area contributed by atoms with Gasteiger partial charge in [-0.1, -0.05) is 42.5 Å². The molecule has 0 aromatic heterocycles. The fourth-order valence-corrected chi connectivity index (χ4v) is 3.61. The van der Waals surface area contributed by atoms with Gasteiger partial charge >= 0.3 is 0 Å². The van der Waals surface area contributed by atoms with Gasteiger partial charge in [-0.2, -0.15) is 0 Å². The predicted octanol–water partition coefficient (Wildman–Crippen LogP) is 3.31. The number of piperidine rings is 1. The molecule has 1 aliphatic heterocycles. The van der Waals surface area contributed by atoms with Crippen LogP contribution in [0.2, 0.25) is 0 Å². The van der Waals surface area contributed by atoms with E-state index in [1.54, 1.807) is 0 Å². The van der Waals surface area contributed by atoms with Gasteiger partial charge in [0.2, 0.25) is 11.8 Å². The fourth-order valence-electron chi connectivity index (χ4n) is 3.61. The summed E-state index contributed by atoms with van der Waals surface area (Å²) in [7, 11) is 0. The Morgan fingerprint density at radius 2 is 1.79 bits per heavy atom. The molecule has 5 heteroatoms. The van der Waals surface area contributed by atoms with E-state index in [4.69, 9.17) is 0 Å². The van der Waals surface area contributed by atoms with Crippen molar-refractivity contribution in [2.24, 2.45) is 0 Å². The number of rotatable bonds is 7. The molecule has 0 radical (unpaired) electrons. The molecule has 1 saturated carbocycles. The largest absolute Gasteiger partial charge is 0.352 e. The van der Waals surface area contributed by atoms with Crippen molar-refractivity contribution in [2.45, 2.75) is 50.7 Å². The molecular formula is C23H27N3O2. The second kappa shape index (κ2) is 8.57. The normalized spacial score (nSPS) is 18.0. The lowest BCUT2D eigenvalue weighted by molar-refractivity contribution is -0.123. The third-order valence-electron chi connectivity index (χ3n) is 5.40. The predicted molar refractivity (Wildman–Crippen MR) is 110 cm³/mol. The fraction of sp³-hybridized carbons (Fsp3) is 0.391. The Kier molecular flexibility index (Phi) is 5.72. The lowest BCUT2D eigenvalue weighted by atomic mass is 10.1. The second-order valence-corrected chi connectivity index (χ2v) is 7.68. The molecule has 146 valence electrons. The first-order valence-electron chi connectivity index (χ1n) is 10.2. The molecule has 28 heavy (non-hydrogen) atoms. The first-order valence-corrected chi connectivity index (χ1v) is 10.2. The van der Waals surface area contributed by atoms with Crippen LogP contribution >= 0.6 is 0 Å². The molecule has 2 fully saturated rings. The Hall–Kier alpha value is -2.66. The van der Waals surface area contributed by atoms with Crippen molar-refractivity contribution >= 4 is 17.5 Å². The number of anilines is 1. The van der Waals surface area contributed by atoms with Gasteiger partial charge in [-0.05, 0) is 48.9 Å². The number of amides is 2. The molecule has 2 amide bonds. The minimum atomic E-state index is -0.370. The number of benzene rings is 2. The monoisotopic (exact) mass is 377 g/mol. The zero-order chi connectivity index (χ0) is 19.3. The average Bonchev–Trinajstić information content (AvgIpc) is 3.54. The summed E-state index contributed by atoms with van der Waals surface area (Å²) in [6, 6.07) is 17.9. The van der Waals surface area contributed by atoms with Crippen molar-refractivity contribution in [1.29, 1.82) is 0 Å². The molecule has 2 N–H and O–H groups in total. The van der Waals surface area contributed by atoms with Gasteiger partial charge < -0.3 is 10.2 Å². The minimum Gasteiger partial charge on any atom is -0.352 e. The number of nitrogens with zero attached hydrogens (tertiary/aromatic N) is 1. The molecule has 0 bridgehead atoms. The van der Waals surface area contributed by atoms with E-state index >= 15 is 0 Å². The summed E-state index contributed by atoms with van der Waals surface area (Å²) < 4.78 is 0. The highest BCUT2D eigenvalue weighted by atomic mass is 16.2. The van der Waals surface area contributed by atoms with Crippen molar-refractivity contribution in [3.05, 3.63) is 65.7 Å². The minimum absolute atomic E-state index is 0.0317. The van der Waals surface area contributed by atoms with E-state index < -0.39 is 0 Å². The molecule has 0 spiro atoms. The smallest absolute Gasteiger partial charge is 0.241 e. The molecule has 2 aromatic rings. The van der Waals surface area contributed by atoms with Crippen LogP contribution in [0.3, 0.4) is 0 Å². The third-order valence-corrected chi connectivity index (χ3v) is 5.40. The van der Waals surface area contributed by atoms with Crippen molar-refractivity contribution < 1.29 is 9.59 Å². The van der Waals surface area contributed by atoms with Crippen molar-refractivity contribution in [3.8, 4) is 0 Å². The molecule has 1 aliphatic carbocycles. The molecule has 2 aromatic carbocycles. The number of nitrogens with one attached hydrogen (secondary N) is 2. The van der Waals surface area contributed by atoms with E-state index in [1.807, 2.05) is 59.5 Å². The summed E-state index contributed by atoms with van der Waals surface area (Å²) >= 11 is 0. The Morgan fingerprint density at radius 3 is 2.46 bits per heavy atom. The van der Waals surface area contributed by atoms with Gasteiger partial charge in [0.1, 0.15) is 6.04 Å². The Bertz CT molecular complexity index is 816. The molecular weight excluding hydrogens is 350 g/mol. The molecule has 0 unspecified atom stereocenters. The maximum atomic E-state index is 12.7. The maximum absolute atomic E-state index is 12.7. The topological polar surface area (TPSA) is 61.4 Å². The lowest BCUT2D eigenvalue weighted by Gasteiger charge is -2.27. The van der Waals surface area contributed by atoms with E-state index in [2.05, 4.69) is 10.6 Å². The zero-order valence-corrected chi connectivity index (χ0v) is 16.1. The molecule has 1 heterocycles. The van der Waals surface area contributed by atoms with Crippen LogP contribution in [0, 0.1) is 0 Å². The lowest BCUT2D eigenvalue weighted by Crippen LogP contribution is -2.38. The Morgan fingerprint density at radius 1 is 1.04 bits per heavy atom. The highest BCUT2D eigenvalue weighted by Gasteiger charge is 2.28. The van der Waals surface area contributed by atoms with Crippen molar-refractivity contribution in [1.82, 2.24) is 10.6 Å². The summed E-state index contributed by atoms with van der Waals surface area (Å²) in [6.07, 6.45) is 4.83. The maximum Gasteiger partial charge on any atom is 0.241 e. The summed E-state index contributed by atoms with van der Waals surface area (Å²) in [4.78, 5) is 26.7. The van der Waals surface area contributed by atoms with Gasteiger partial charge in [0.25, 0.3) is 0 Å². The van der Waals surface area contributed by atoms with E-state index in [0.717, 1.165) is 49.0 Å². The van der Waals surface area contributed by atoms with E-state index in [9.17, 15) is 9.59 Å². The summed E-state index contributed by atoms with van der Waals surface area (Å²) in [5.74, 6) is 0.238. The molecule has 1 saturated heterocycles. The highest BCUT2D eigenvalue weighted by Crippen LogP contribution is 2.23. The van der Waals surface area contributed by atoms with Crippen LogP contribution in [0.25, 0.3) is 0 Å². The summed E-state index contributed by atoms with van der Waals surface area (Å²) in [5, 5.41) is 6.50. The Labute approximate surface area is 166 Å². The van der Waals surface area contributed by atoms with Crippen molar-refractivity contribution in [3.63, 3.8) is 0 Å². The van der Waals surface area contributed by atoms with Crippen LogP contribution in [0.4, 0.5) is 5.69 Å². The second-order valence-electron chi connectivity index (χ2n) is 7.68. The van der Waals surface area contributed by atoms with Gasteiger partial charge in [-0.25, -0.2) is 0 Å². The van der Waals surface area contributed by atoms with Crippen LogP contribution in [0.1, 0.15) is 49.3 Å². The van der Waals surface area contributed by atoms with Crippen LogP contribution in [-0.4, -0.2) is 24.4 Å². The quantitative estimate of drug-likeness (QED) is 0.778. The van der Waals surface area contributed by atoms with Gasteiger partial charge in [0.05, 0.1) is 0 Å². The van der Waals surface area contributed by atoms with Crippen LogP contribution in [0.5, 0.6) is 0 Å². The zero-order valence-electron chi connectivity index (χ0n) is 16.1. The number of hydrogen-bond donors (Lipinski definition) is 2. The van der Waals surface area contributed by atoms with Gasteiger partial charge in [-0.15, -0.1) is 0 Å². The summed E-state index contributed by atoms with van der Waals surface area (Å²) in [5.41, 5.74) is 3.02. The van der Waals surface area contributed by atoms with E-state index in [0.29, 0.717) is 19.0 Å². The molecule has 4 rings (SSSR count). The van der Waals surface area contributed by atoms with Crippen LogP contribution in [0.15, 0.2) is 54.6 Å². The van der Waals surface area contributed by atoms with Gasteiger partial charge in [0.15, 0.2) is 0 Å². The summed E-state index contributed by atoms with van der Waals surface area (Å²) in [6.45, 7) is 1.39. The van der Waals surface area contributed by atoms with Crippen LogP contribution in [-0.2, 0) is 16.1 Å². The van der Waals surface area contributed by atoms with Gasteiger partial charge in [0, 0.05) is 31.2 Å². The molecule has 5 nitrogen and oxygen atoms in total. The average molecular weight is 377 g/mol. The number of carbonyl (C=O) groups excluding carboxylic acids is 2. The Balaban J connectivity index is 1.41. The number of hydrogen-bond acceptors (Lipinski definition) is 3. The third kappa shape index (κ3) is 4.60. The first kappa shape index (κ1) is 18.7. The van der Waals surface area contributed by atoms with Gasteiger partial charge in [-0.3, -0.25) is 14.9 Å².